The molecule has 0 aromatic heterocycles. The van der Waals surface area contributed by atoms with Crippen molar-refractivity contribution in [2.45, 2.75) is 30.7 Å². The zero-order chi connectivity index (χ0) is 11.1. The second kappa shape index (κ2) is 3.42. The van der Waals surface area contributed by atoms with Crippen molar-refractivity contribution in [3.63, 3.8) is 0 Å². The lowest BCUT2D eigenvalue weighted by Crippen LogP contribution is -2.58. The second-order valence-corrected chi connectivity index (χ2v) is 4.53. The summed E-state index contributed by atoms with van der Waals surface area (Å²) in [5.74, 6) is -2.96. The van der Waals surface area contributed by atoms with E-state index in [0.717, 1.165) is 6.42 Å². The molecule has 0 radical (unpaired) electrons. The number of halogens is 3. The summed E-state index contributed by atoms with van der Waals surface area (Å²) in [5, 5.41) is 0.453. The largest absolute Gasteiger partial charge is 0.320 e. The Morgan fingerprint density at radius 3 is 2.13 bits per heavy atom. The molecule has 0 atom stereocenters. The third-order valence-electron chi connectivity index (χ3n) is 3.08. The van der Waals surface area contributed by atoms with Crippen LogP contribution in [0.15, 0.2) is 24.3 Å². The highest BCUT2D eigenvalue weighted by molar-refractivity contribution is 6.30. The van der Waals surface area contributed by atoms with E-state index in [1.807, 2.05) is 0 Å². The SMILES string of the molecule is NC1(C(F)(F)c2ccc(Cl)cc2)CCC1. The molecule has 1 saturated carbocycles. The van der Waals surface area contributed by atoms with Crippen LogP contribution in [0.25, 0.3) is 0 Å². The molecule has 0 spiro atoms. The van der Waals surface area contributed by atoms with E-state index in [1.54, 1.807) is 0 Å². The van der Waals surface area contributed by atoms with Crippen molar-refractivity contribution < 1.29 is 8.78 Å². The van der Waals surface area contributed by atoms with Crippen molar-refractivity contribution in [1.82, 2.24) is 0 Å². The van der Waals surface area contributed by atoms with E-state index in [-0.39, 0.29) is 5.56 Å². The molecule has 2 rings (SSSR count). The first-order chi connectivity index (χ1) is 6.96. The predicted molar refractivity (Wildman–Crippen MR) is 56.1 cm³/mol. The number of alkyl halides is 2. The average molecular weight is 232 g/mol. The molecule has 0 saturated heterocycles. The molecule has 15 heavy (non-hydrogen) atoms. The van der Waals surface area contributed by atoms with Crippen LogP contribution in [0.3, 0.4) is 0 Å². The number of benzene rings is 1. The van der Waals surface area contributed by atoms with Crippen LogP contribution in [0.1, 0.15) is 24.8 Å². The average Bonchev–Trinajstić information content (AvgIpc) is 2.14. The lowest BCUT2D eigenvalue weighted by Gasteiger charge is -2.44. The highest BCUT2D eigenvalue weighted by Gasteiger charge is 2.55. The van der Waals surface area contributed by atoms with Crippen LogP contribution in [0.2, 0.25) is 5.02 Å². The molecule has 1 aliphatic rings. The Morgan fingerprint density at radius 2 is 1.73 bits per heavy atom. The number of rotatable bonds is 2. The van der Waals surface area contributed by atoms with Crippen LogP contribution < -0.4 is 5.73 Å². The van der Waals surface area contributed by atoms with Crippen molar-refractivity contribution >= 4 is 11.6 Å². The molecule has 0 unspecified atom stereocenters. The van der Waals surface area contributed by atoms with Crippen molar-refractivity contribution in [2.24, 2.45) is 5.73 Å². The van der Waals surface area contributed by atoms with Crippen LogP contribution in [0.5, 0.6) is 0 Å². The number of hydrogen-bond donors (Lipinski definition) is 1. The van der Waals surface area contributed by atoms with E-state index < -0.39 is 11.5 Å². The minimum Gasteiger partial charge on any atom is -0.320 e. The zero-order valence-corrected chi connectivity index (χ0v) is 8.90. The Labute approximate surface area is 92.2 Å². The molecule has 0 bridgehead atoms. The van der Waals surface area contributed by atoms with Gasteiger partial charge in [-0.1, -0.05) is 23.7 Å². The van der Waals surface area contributed by atoms with Crippen LogP contribution in [-0.2, 0) is 5.92 Å². The van der Waals surface area contributed by atoms with Gasteiger partial charge in [-0.05, 0) is 31.4 Å². The van der Waals surface area contributed by atoms with Gasteiger partial charge in [0.25, 0.3) is 5.92 Å². The quantitative estimate of drug-likeness (QED) is 0.830. The van der Waals surface area contributed by atoms with Gasteiger partial charge in [-0.2, -0.15) is 8.78 Å². The van der Waals surface area contributed by atoms with E-state index in [9.17, 15) is 8.78 Å². The Hall–Kier alpha value is -0.670. The molecule has 1 nitrogen and oxygen atoms in total. The van der Waals surface area contributed by atoms with Gasteiger partial charge in [0.2, 0.25) is 0 Å². The summed E-state index contributed by atoms with van der Waals surface area (Å²) in [6.45, 7) is 0. The summed E-state index contributed by atoms with van der Waals surface area (Å²) in [5.41, 5.74) is 4.26. The number of hydrogen-bond acceptors (Lipinski definition) is 1. The molecular formula is C11H12ClF2N. The van der Waals surface area contributed by atoms with Gasteiger partial charge in [-0.15, -0.1) is 0 Å². The van der Waals surface area contributed by atoms with Crippen LogP contribution in [0.4, 0.5) is 8.78 Å². The molecule has 82 valence electrons. The zero-order valence-electron chi connectivity index (χ0n) is 8.14. The van der Waals surface area contributed by atoms with E-state index in [2.05, 4.69) is 0 Å². The topological polar surface area (TPSA) is 26.0 Å². The third kappa shape index (κ3) is 1.64. The van der Waals surface area contributed by atoms with Crippen molar-refractivity contribution in [2.75, 3.05) is 0 Å². The van der Waals surface area contributed by atoms with Gasteiger partial charge in [0.15, 0.2) is 0 Å². The van der Waals surface area contributed by atoms with Crippen molar-refractivity contribution in [3.8, 4) is 0 Å². The van der Waals surface area contributed by atoms with Gasteiger partial charge in [0.1, 0.15) is 0 Å². The number of nitrogens with two attached hydrogens (primary N) is 1. The maximum atomic E-state index is 13.9. The Bertz CT molecular complexity index is 357. The molecule has 0 aliphatic heterocycles. The third-order valence-corrected chi connectivity index (χ3v) is 3.33. The smallest absolute Gasteiger partial charge is 0.290 e. The summed E-state index contributed by atoms with van der Waals surface area (Å²) in [6, 6.07) is 5.62. The van der Waals surface area contributed by atoms with Gasteiger partial charge in [-0.25, -0.2) is 0 Å². The standard InChI is InChI=1S/C11H12ClF2N/c12-9-4-2-8(3-5-9)11(13,14)10(15)6-1-7-10/h2-5H,1,6-7,15H2. The monoisotopic (exact) mass is 231 g/mol. The maximum absolute atomic E-state index is 13.9. The first kappa shape index (κ1) is 10.8. The fourth-order valence-electron chi connectivity index (χ4n) is 1.82. The van der Waals surface area contributed by atoms with E-state index in [0.29, 0.717) is 17.9 Å². The Morgan fingerprint density at radius 1 is 1.20 bits per heavy atom. The van der Waals surface area contributed by atoms with Gasteiger partial charge in [-0.3, -0.25) is 0 Å². The fourth-order valence-corrected chi connectivity index (χ4v) is 1.94. The van der Waals surface area contributed by atoms with Gasteiger partial charge < -0.3 is 5.73 Å². The summed E-state index contributed by atoms with van der Waals surface area (Å²) in [7, 11) is 0. The lowest BCUT2D eigenvalue weighted by atomic mass is 9.71. The minimum absolute atomic E-state index is 0.0471. The van der Waals surface area contributed by atoms with Crippen molar-refractivity contribution in [1.29, 1.82) is 0 Å². The fraction of sp³-hybridized carbons (Fsp3) is 0.455. The first-order valence-electron chi connectivity index (χ1n) is 4.88. The molecule has 0 heterocycles. The Kier molecular flexibility index (Phi) is 2.47. The highest BCUT2D eigenvalue weighted by Crippen LogP contribution is 2.48. The molecule has 4 heteroatoms. The van der Waals surface area contributed by atoms with E-state index in [4.69, 9.17) is 17.3 Å². The lowest BCUT2D eigenvalue weighted by molar-refractivity contribution is -0.113. The van der Waals surface area contributed by atoms with E-state index in [1.165, 1.54) is 24.3 Å². The minimum atomic E-state index is -2.96. The second-order valence-electron chi connectivity index (χ2n) is 4.09. The van der Waals surface area contributed by atoms with Crippen molar-refractivity contribution in [3.05, 3.63) is 34.9 Å². The molecule has 1 fully saturated rings. The normalized spacial score (nSPS) is 19.7. The summed E-state index contributed by atoms with van der Waals surface area (Å²) in [4.78, 5) is 0. The van der Waals surface area contributed by atoms with Gasteiger partial charge in [0, 0.05) is 10.6 Å². The van der Waals surface area contributed by atoms with Crippen LogP contribution in [-0.4, -0.2) is 5.54 Å². The van der Waals surface area contributed by atoms with E-state index >= 15 is 0 Å². The molecule has 2 N–H and O–H groups in total. The summed E-state index contributed by atoms with van der Waals surface area (Å²) < 4.78 is 27.9. The van der Waals surface area contributed by atoms with Crippen LogP contribution >= 0.6 is 11.6 Å². The van der Waals surface area contributed by atoms with Gasteiger partial charge in [0.05, 0.1) is 5.54 Å². The first-order valence-corrected chi connectivity index (χ1v) is 5.26. The maximum Gasteiger partial charge on any atom is 0.290 e. The Balaban J connectivity index is 2.32. The summed E-state index contributed by atoms with van der Waals surface area (Å²) >= 11 is 5.65. The molecule has 1 aliphatic carbocycles. The molecule has 1 aromatic rings. The van der Waals surface area contributed by atoms with Gasteiger partial charge >= 0.3 is 0 Å². The predicted octanol–water partition coefficient (Wildman–Crippen LogP) is 3.31. The highest BCUT2D eigenvalue weighted by atomic mass is 35.5. The molecular weight excluding hydrogens is 220 g/mol. The van der Waals surface area contributed by atoms with Crippen LogP contribution in [0, 0.1) is 0 Å². The summed E-state index contributed by atoms with van der Waals surface area (Å²) in [6.07, 6.45) is 1.53. The molecule has 1 aromatic carbocycles. The molecule has 0 amide bonds.